The lowest BCUT2D eigenvalue weighted by atomic mass is 9.83. The number of aryl methyl sites for hydroxylation is 1. The summed E-state index contributed by atoms with van der Waals surface area (Å²) in [5.41, 5.74) is 1.52. The van der Waals surface area contributed by atoms with Crippen LogP contribution in [0.2, 0.25) is 0 Å². The highest BCUT2D eigenvalue weighted by Crippen LogP contribution is 2.26. The molecule has 0 bridgehead atoms. The quantitative estimate of drug-likeness (QED) is 0.733. The van der Waals surface area contributed by atoms with Gasteiger partial charge in [-0.1, -0.05) is 31.0 Å². The van der Waals surface area contributed by atoms with Gasteiger partial charge in [-0.25, -0.2) is 0 Å². The minimum Gasteiger partial charge on any atom is -0.390 e. The number of nitrogens with zero attached hydrogens (tertiary/aromatic N) is 2. The van der Waals surface area contributed by atoms with E-state index in [1.807, 2.05) is 48.0 Å². The number of aliphatic hydroxyl groups excluding tert-OH is 1. The van der Waals surface area contributed by atoms with E-state index in [9.17, 15) is 14.7 Å². The lowest BCUT2D eigenvalue weighted by molar-refractivity contribution is -0.127. The number of fused-ring (bicyclic) bond motifs is 1. The summed E-state index contributed by atoms with van der Waals surface area (Å²) in [4.78, 5) is 25.6. The molecule has 7 nitrogen and oxygen atoms in total. The fourth-order valence-corrected chi connectivity index (χ4v) is 3.89. The van der Waals surface area contributed by atoms with Gasteiger partial charge in [-0.3, -0.25) is 9.59 Å². The Hall–Kier alpha value is -2.85. The normalized spacial score (nSPS) is 21.5. The summed E-state index contributed by atoms with van der Waals surface area (Å²) in [7, 11) is 1.85. The van der Waals surface area contributed by atoms with Crippen LogP contribution >= 0.6 is 0 Å². The molecule has 4 atom stereocenters. The molecular weight excluding hydrogens is 356 g/mol. The lowest BCUT2D eigenvalue weighted by Gasteiger charge is -2.32. The van der Waals surface area contributed by atoms with Crippen LogP contribution in [0.4, 0.5) is 0 Å². The van der Waals surface area contributed by atoms with Gasteiger partial charge in [0.05, 0.1) is 18.1 Å². The van der Waals surface area contributed by atoms with Gasteiger partial charge in [0, 0.05) is 24.0 Å². The number of nitriles is 1. The fourth-order valence-electron chi connectivity index (χ4n) is 3.89. The third-order valence-electron chi connectivity index (χ3n) is 5.52. The van der Waals surface area contributed by atoms with Gasteiger partial charge in [-0.05, 0) is 31.9 Å². The molecule has 1 aromatic carbocycles. The SMILES string of the molecule is C[C@@H](O)[C@@H](C#N)NC(=O)[C@@H]1CCCC[C@@H]1NC(=O)c1cc2ccccc2n1C. The molecule has 2 amide bonds. The zero-order chi connectivity index (χ0) is 20.3. The molecule has 0 saturated heterocycles. The number of carbonyl (C=O) groups is 2. The minimum absolute atomic E-state index is 0.212. The maximum absolute atomic E-state index is 12.9. The molecule has 2 aromatic rings. The van der Waals surface area contributed by atoms with E-state index >= 15 is 0 Å². The molecule has 7 heteroatoms. The molecule has 1 fully saturated rings. The molecule has 0 unspecified atom stereocenters. The Morgan fingerprint density at radius 3 is 2.68 bits per heavy atom. The number of para-hydroxylation sites is 1. The monoisotopic (exact) mass is 382 g/mol. The van der Waals surface area contributed by atoms with Crippen molar-refractivity contribution in [1.29, 1.82) is 5.26 Å². The molecule has 148 valence electrons. The van der Waals surface area contributed by atoms with Crippen molar-refractivity contribution >= 4 is 22.7 Å². The summed E-state index contributed by atoms with van der Waals surface area (Å²) in [6.07, 6.45) is 2.22. The summed E-state index contributed by atoms with van der Waals surface area (Å²) in [6, 6.07) is 10.3. The topological polar surface area (TPSA) is 107 Å². The number of aliphatic hydroxyl groups is 1. The first-order valence-electron chi connectivity index (χ1n) is 9.65. The van der Waals surface area contributed by atoms with E-state index in [1.54, 1.807) is 0 Å². The van der Waals surface area contributed by atoms with E-state index in [1.165, 1.54) is 6.92 Å². The number of aromatic nitrogens is 1. The number of nitrogens with one attached hydrogen (secondary N) is 2. The van der Waals surface area contributed by atoms with Crippen LogP contribution in [0.3, 0.4) is 0 Å². The molecule has 1 aliphatic carbocycles. The Balaban J connectivity index is 1.75. The number of hydrogen-bond donors (Lipinski definition) is 3. The standard InChI is InChI=1S/C21H26N4O3/c1-13(26)17(12-22)24-20(27)15-8-4-5-9-16(15)23-21(28)19-11-14-7-3-6-10-18(14)25(19)2/h3,6-7,10-11,13,15-17,26H,4-5,8-9H2,1-2H3,(H,23,28)(H,24,27)/t13-,15-,16+,17-/m1/s1. The first-order chi connectivity index (χ1) is 13.4. The van der Waals surface area contributed by atoms with Crippen LogP contribution in [-0.4, -0.2) is 39.7 Å². The van der Waals surface area contributed by atoms with Gasteiger partial charge in [0.2, 0.25) is 5.91 Å². The summed E-state index contributed by atoms with van der Waals surface area (Å²) in [5.74, 6) is -0.924. The second-order valence-electron chi connectivity index (χ2n) is 7.47. The number of amides is 2. The largest absolute Gasteiger partial charge is 0.390 e. The second-order valence-corrected chi connectivity index (χ2v) is 7.47. The van der Waals surface area contributed by atoms with Crippen LogP contribution < -0.4 is 10.6 Å². The highest BCUT2D eigenvalue weighted by atomic mass is 16.3. The number of carbonyl (C=O) groups excluding carboxylic acids is 2. The first-order valence-corrected chi connectivity index (χ1v) is 9.65. The molecule has 3 rings (SSSR count). The van der Waals surface area contributed by atoms with Crippen molar-refractivity contribution in [3.63, 3.8) is 0 Å². The van der Waals surface area contributed by atoms with Gasteiger partial charge in [0.1, 0.15) is 11.7 Å². The Morgan fingerprint density at radius 1 is 1.29 bits per heavy atom. The predicted molar refractivity (Wildman–Crippen MR) is 105 cm³/mol. The maximum atomic E-state index is 12.9. The highest BCUT2D eigenvalue weighted by molar-refractivity contribution is 5.99. The zero-order valence-corrected chi connectivity index (χ0v) is 16.2. The van der Waals surface area contributed by atoms with Crippen LogP contribution in [0.1, 0.15) is 43.1 Å². The predicted octanol–water partition coefficient (Wildman–Crippen LogP) is 1.86. The van der Waals surface area contributed by atoms with Crippen molar-refractivity contribution in [3.05, 3.63) is 36.0 Å². The van der Waals surface area contributed by atoms with Gasteiger partial charge in [0.25, 0.3) is 5.91 Å². The van der Waals surface area contributed by atoms with Crippen molar-refractivity contribution in [2.75, 3.05) is 0 Å². The van der Waals surface area contributed by atoms with Gasteiger partial charge >= 0.3 is 0 Å². The van der Waals surface area contributed by atoms with E-state index in [2.05, 4.69) is 10.6 Å². The summed E-state index contributed by atoms with van der Waals surface area (Å²) < 4.78 is 1.85. The number of benzene rings is 1. The maximum Gasteiger partial charge on any atom is 0.268 e. The van der Waals surface area contributed by atoms with Crippen molar-refractivity contribution in [2.24, 2.45) is 13.0 Å². The van der Waals surface area contributed by atoms with Crippen LogP contribution in [-0.2, 0) is 11.8 Å². The third kappa shape index (κ3) is 4.02. The average molecular weight is 382 g/mol. The molecule has 0 radical (unpaired) electrons. The van der Waals surface area contributed by atoms with E-state index in [4.69, 9.17) is 5.26 Å². The Labute approximate surface area is 164 Å². The van der Waals surface area contributed by atoms with Crippen LogP contribution in [0.5, 0.6) is 0 Å². The number of hydrogen-bond acceptors (Lipinski definition) is 4. The van der Waals surface area contributed by atoms with E-state index < -0.39 is 18.1 Å². The highest BCUT2D eigenvalue weighted by Gasteiger charge is 2.34. The minimum atomic E-state index is -0.957. The molecule has 0 aliphatic heterocycles. The fraction of sp³-hybridized carbons (Fsp3) is 0.476. The lowest BCUT2D eigenvalue weighted by Crippen LogP contribution is -2.51. The summed E-state index contributed by atoms with van der Waals surface area (Å²) >= 11 is 0. The molecule has 28 heavy (non-hydrogen) atoms. The summed E-state index contributed by atoms with van der Waals surface area (Å²) in [6.45, 7) is 1.47. The van der Waals surface area contributed by atoms with Gasteiger partial charge in [0.15, 0.2) is 0 Å². The Bertz CT molecular complexity index is 912. The van der Waals surface area contributed by atoms with Gasteiger partial charge < -0.3 is 20.3 Å². The first kappa shape index (κ1) is 19.9. The molecule has 1 aromatic heterocycles. The van der Waals surface area contributed by atoms with Gasteiger partial charge in [-0.2, -0.15) is 5.26 Å². The average Bonchev–Trinajstić information content (AvgIpc) is 3.03. The molecule has 3 N–H and O–H groups in total. The van der Waals surface area contributed by atoms with Crippen molar-refractivity contribution in [3.8, 4) is 6.07 Å². The molecule has 1 aliphatic rings. The van der Waals surface area contributed by atoms with E-state index in [0.717, 1.165) is 23.7 Å². The second kappa shape index (κ2) is 8.44. The van der Waals surface area contributed by atoms with Crippen molar-refractivity contribution in [2.45, 2.75) is 50.8 Å². The van der Waals surface area contributed by atoms with Crippen LogP contribution in [0, 0.1) is 17.2 Å². The Kier molecular flexibility index (Phi) is 6.00. The zero-order valence-electron chi connectivity index (χ0n) is 16.2. The molecule has 0 spiro atoms. The smallest absolute Gasteiger partial charge is 0.268 e. The Morgan fingerprint density at radius 2 is 2.00 bits per heavy atom. The van der Waals surface area contributed by atoms with Crippen molar-refractivity contribution in [1.82, 2.24) is 15.2 Å². The van der Waals surface area contributed by atoms with E-state index in [0.29, 0.717) is 18.5 Å². The van der Waals surface area contributed by atoms with Crippen LogP contribution in [0.25, 0.3) is 10.9 Å². The number of rotatable bonds is 5. The molecular formula is C21H26N4O3. The van der Waals surface area contributed by atoms with Crippen LogP contribution in [0.15, 0.2) is 30.3 Å². The molecule has 1 saturated carbocycles. The molecule has 1 heterocycles. The van der Waals surface area contributed by atoms with E-state index in [-0.39, 0.29) is 17.9 Å². The van der Waals surface area contributed by atoms with Gasteiger partial charge in [-0.15, -0.1) is 0 Å². The summed E-state index contributed by atoms with van der Waals surface area (Å²) in [5, 5.41) is 25.3. The third-order valence-corrected chi connectivity index (χ3v) is 5.52. The van der Waals surface area contributed by atoms with Crippen molar-refractivity contribution < 1.29 is 14.7 Å².